The van der Waals surface area contributed by atoms with Crippen molar-refractivity contribution >= 4 is 41.0 Å². The molecule has 0 bridgehead atoms. The fourth-order valence-electron chi connectivity index (χ4n) is 8.23. The van der Waals surface area contributed by atoms with Crippen LogP contribution in [-0.2, 0) is 0 Å². The summed E-state index contributed by atoms with van der Waals surface area (Å²) in [5.41, 5.74) is 7.56. The molecular weight excluding hydrogens is 743 g/mol. The van der Waals surface area contributed by atoms with Gasteiger partial charge in [-0.25, -0.2) is 15.0 Å². The van der Waals surface area contributed by atoms with Crippen LogP contribution in [0.1, 0.15) is 18.7 Å². The molecule has 278 valence electrons. The van der Waals surface area contributed by atoms with Crippen molar-refractivity contribution in [2.24, 2.45) is 0 Å². The van der Waals surface area contributed by atoms with Crippen LogP contribution in [0.15, 0.2) is 204 Å². The predicted molar refractivity (Wildman–Crippen MR) is 242 cm³/mol. The number of ether oxygens (including phenoxy) is 1. The molecular formula is C52H39N3OSSi. The van der Waals surface area contributed by atoms with Gasteiger partial charge in [0.15, 0.2) is 17.5 Å². The van der Waals surface area contributed by atoms with Crippen LogP contribution in [0.25, 0.3) is 50.6 Å². The molecule has 8 aromatic rings. The monoisotopic (exact) mass is 781 g/mol. The molecule has 6 heteroatoms. The number of para-hydroxylation sites is 1. The van der Waals surface area contributed by atoms with E-state index in [-0.39, 0.29) is 0 Å². The van der Waals surface area contributed by atoms with Gasteiger partial charge in [-0.15, -0.1) is 0 Å². The molecule has 0 saturated carbocycles. The average molecular weight is 782 g/mol. The Morgan fingerprint density at radius 2 is 1.14 bits per heavy atom. The zero-order valence-corrected chi connectivity index (χ0v) is 33.9. The number of hydrogen-bond acceptors (Lipinski definition) is 5. The van der Waals surface area contributed by atoms with E-state index in [0.717, 1.165) is 67.5 Å². The van der Waals surface area contributed by atoms with Crippen LogP contribution >= 0.6 is 11.8 Å². The van der Waals surface area contributed by atoms with Crippen LogP contribution in [0, 0.1) is 0 Å². The zero-order valence-electron chi connectivity index (χ0n) is 32.0. The third-order valence-electron chi connectivity index (χ3n) is 11.3. The van der Waals surface area contributed by atoms with E-state index in [1.165, 1.54) is 21.1 Å². The van der Waals surface area contributed by atoms with Gasteiger partial charge in [-0.3, -0.25) is 0 Å². The smallest absolute Gasteiger partial charge is 0.164 e. The Bertz CT molecular complexity index is 2820. The van der Waals surface area contributed by atoms with E-state index in [1.807, 2.05) is 30.3 Å². The molecule has 7 aromatic carbocycles. The summed E-state index contributed by atoms with van der Waals surface area (Å²) >= 11 is 1.76. The van der Waals surface area contributed by atoms with E-state index in [1.54, 1.807) is 11.8 Å². The van der Waals surface area contributed by atoms with E-state index >= 15 is 0 Å². The summed E-state index contributed by atoms with van der Waals surface area (Å²) in [7, 11) is -2.53. The van der Waals surface area contributed by atoms with Gasteiger partial charge in [0, 0.05) is 16.7 Å². The molecule has 0 radical (unpaired) electrons. The normalized spacial score (nSPS) is 13.2. The van der Waals surface area contributed by atoms with E-state index in [4.69, 9.17) is 19.7 Å². The van der Waals surface area contributed by atoms with Crippen LogP contribution < -0.4 is 20.3 Å². The van der Waals surface area contributed by atoms with Gasteiger partial charge in [0.1, 0.15) is 19.6 Å². The van der Waals surface area contributed by atoms with Crippen molar-refractivity contribution in [3.8, 4) is 56.5 Å². The molecule has 0 atom stereocenters. The van der Waals surface area contributed by atoms with Crippen LogP contribution in [0.4, 0.5) is 0 Å². The van der Waals surface area contributed by atoms with Gasteiger partial charge in [-0.2, -0.15) is 0 Å². The summed E-state index contributed by atoms with van der Waals surface area (Å²) in [6.07, 6.45) is 8.27. The van der Waals surface area contributed by atoms with Gasteiger partial charge in [-0.1, -0.05) is 188 Å². The molecule has 1 aliphatic carbocycles. The maximum Gasteiger partial charge on any atom is 0.164 e. The van der Waals surface area contributed by atoms with Gasteiger partial charge >= 0.3 is 0 Å². The molecule has 0 fully saturated rings. The number of allylic oxidation sites excluding steroid dienone is 4. The van der Waals surface area contributed by atoms with Crippen LogP contribution in [0.3, 0.4) is 0 Å². The van der Waals surface area contributed by atoms with Crippen molar-refractivity contribution in [1.29, 1.82) is 0 Å². The third-order valence-corrected chi connectivity index (χ3v) is 16.9. The highest BCUT2D eigenvalue weighted by atomic mass is 32.2. The third kappa shape index (κ3) is 6.60. The second-order valence-corrected chi connectivity index (χ2v) is 19.8. The Hall–Kier alpha value is -6.60. The van der Waals surface area contributed by atoms with Gasteiger partial charge in [0.2, 0.25) is 0 Å². The minimum Gasteiger partial charge on any atom is -0.455 e. The predicted octanol–water partition coefficient (Wildman–Crippen LogP) is 11.6. The highest BCUT2D eigenvalue weighted by Crippen LogP contribution is 2.52. The number of nitrogens with zero attached hydrogens (tertiary/aromatic N) is 3. The lowest BCUT2D eigenvalue weighted by molar-refractivity contribution is 0.455. The molecule has 10 rings (SSSR count). The van der Waals surface area contributed by atoms with Crippen molar-refractivity contribution in [1.82, 2.24) is 15.0 Å². The molecule has 0 N–H and O–H groups in total. The topological polar surface area (TPSA) is 47.9 Å². The lowest BCUT2D eigenvalue weighted by Crippen LogP contribution is -2.65. The highest BCUT2D eigenvalue weighted by molar-refractivity contribution is 7.99. The van der Waals surface area contributed by atoms with Crippen LogP contribution in [0.5, 0.6) is 11.5 Å². The van der Waals surface area contributed by atoms with E-state index in [2.05, 4.69) is 170 Å². The quantitative estimate of drug-likeness (QED) is 0.113. The van der Waals surface area contributed by atoms with Crippen molar-refractivity contribution in [2.75, 3.05) is 0 Å². The van der Waals surface area contributed by atoms with Gasteiger partial charge in [0.25, 0.3) is 0 Å². The van der Waals surface area contributed by atoms with Crippen molar-refractivity contribution in [3.05, 3.63) is 200 Å². The number of hydrogen-bond donors (Lipinski definition) is 0. The lowest BCUT2D eigenvalue weighted by atomic mass is 9.92. The molecule has 0 saturated heterocycles. The molecule has 58 heavy (non-hydrogen) atoms. The molecule has 0 unspecified atom stereocenters. The first-order valence-electron chi connectivity index (χ1n) is 19.7. The lowest BCUT2D eigenvalue weighted by Gasteiger charge is -2.32. The molecule has 4 nitrogen and oxygen atoms in total. The number of aromatic nitrogens is 3. The van der Waals surface area contributed by atoms with E-state index in [9.17, 15) is 0 Å². The van der Waals surface area contributed by atoms with Gasteiger partial charge < -0.3 is 4.74 Å². The first-order chi connectivity index (χ1) is 28.6. The first kappa shape index (κ1) is 35.8. The second kappa shape index (κ2) is 15.4. The van der Waals surface area contributed by atoms with Crippen molar-refractivity contribution in [2.45, 2.75) is 29.2 Å². The summed E-state index contributed by atoms with van der Waals surface area (Å²) in [6.45, 7) is 2.49. The molecule has 2 heterocycles. The number of benzene rings is 7. The largest absolute Gasteiger partial charge is 0.455 e. The fourth-order valence-corrected chi connectivity index (χ4v) is 13.2. The van der Waals surface area contributed by atoms with Crippen LogP contribution in [0.2, 0.25) is 6.55 Å². The standard InChI is InChI=1S/C52H39N3OSSi/c1-58(39-23-10-4-11-24-39,40-25-12-5-13-26-40)48-32-17-14-27-42(48)41-34-33-38(35-44(41)43-28-18-30-46-49(43)57-47-31-16-15-29-45(47)56-46)52-54-50(36-19-6-2-7-20-36)53-51(55-52)37-21-8-3-9-22-37/h2-8,10-21,23-35H,9,22H2,1H3. The number of rotatable bonds is 8. The SMILES string of the molecule is C[Si](c1ccccc1)(c1ccccc1)c1ccccc1-c1ccc(-c2nc(C3=CC=CCC3)nc(-c3ccccc3)n2)cc1-c1cccc2c1Sc1ccccc1O2. The Morgan fingerprint density at radius 3 is 1.88 bits per heavy atom. The Balaban J connectivity index is 1.22. The maximum atomic E-state index is 6.58. The van der Waals surface area contributed by atoms with E-state index < -0.39 is 8.07 Å². The fraction of sp³-hybridized carbons (Fsp3) is 0.0577. The molecule has 2 aliphatic rings. The maximum absolute atomic E-state index is 6.58. The van der Waals surface area contributed by atoms with E-state index in [0.29, 0.717) is 17.5 Å². The number of fused-ring (bicyclic) bond motifs is 2. The summed E-state index contributed by atoms with van der Waals surface area (Å²) in [5.74, 6) is 3.76. The minimum absolute atomic E-state index is 0.646. The Kier molecular flexibility index (Phi) is 9.49. The Morgan fingerprint density at radius 1 is 0.517 bits per heavy atom. The first-order valence-corrected chi connectivity index (χ1v) is 23.1. The minimum atomic E-state index is -2.53. The van der Waals surface area contributed by atoms with Crippen molar-refractivity contribution in [3.63, 3.8) is 0 Å². The van der Waals surface area contributed by atoms with Crippen LogP contribution in [-0.4, -0.2) is 23.0 Å². The summed E-state index contributed by atoms with van der Waals surface area (Å²) < 4.78 is 6.58. The summed E-state index contributed by atoms with van der Waals surface area (Å²) in [4.78, 5) is 17.6. The molecule has 1 aromatic heterocycles. The molecule has 0 amide bonds. The van der Waals surface area contributed by atoms with Gasteiger partial charge in [-0.05, 0) is 74.9 Å². The summed E-state index contributed by atoms with van der Waals surface area (Å²) in [6, 6.07) is 62.8. The molecule has 0 spiro atoms. The molecule has 1 aliphatic heterocycles. The average Bonchev–Trinajstić information content (AvgIpc) is 3.31. The second-order valence-electron chi connectivity index (χ2n) is 14.8. The van der Waals surface area contributed by atoms with Gasteiger partial charge in [0.05, 0.1) is 9.79 Å². The Labute approximate surface area is 344 Å². The zero-order chi connectivity index (χ0) is 38.9. The highest BCUT2D eigenvalue weighted by Gasteiger charge is 2.36. The van der Waals surface area contributed by atoms with Crippen molar-refractivity contribution < 1.29 is 4.74 Å². The summed E-state index contributed by atoms with van der Waals surface area (Å²) in [5, 5.41) is 4.08.